The molecule has 16 heavy (non-hydrogen) atoms. The summed E-state index contributed by atoms with van der Waals surface area (Å²) in [5.41, 5.74) is 3.85. The van der Waals surface area contributed by atoms with Crippen LogP contribution in [0.5, 0.6) is 0 Å². The molecule has 1 aliphatic rings. The van der Waals surface area contributed by atoms with Gasteiger partial charge in [0.05, 0.1) is 5.69 Å². The SMILES string of the molecule is CCc1ccccc1N=C1C[CH-]C(C)C1.[Yb]. The summed E-state index contributed by atoms with van der Waals surface area (Å²) in [6.07, 6.45) is 5.62. The number of hydrogen-bond acceptors (Lipinski definition) is 1. The molecule has 1 atom stereocenters. The molecule has 1 unspecified atom stereocenters. The van der Waals surface area contributed by atoms with Gasteiger partial charge >= 0.3 is 0 Å². The summed E-state index contributed by atoms with van der Waals surface area (Å²) in [6.45, 7) is 4.44. The zero-order valence-electron chi connectivity index (χ0n) is 9.80. The third-order valence-corrected chi connectivity index (χ3v) is 2.96. The summed E-state index contributed by atoms with van der Waals surface area (Å²) >= 11 is 0. The van der Waals surface area contributed by atoms with Crippen molar-refractivity contribution in [1.29, 1.82) is 0 Å². The van der Waals surface area contributed by atoms with Gasteiger partial charge in [-0.05, 0) is 30.2 Å². The molecule has 1 fully saturated rings. The smallest absolute Gasteiger partial charge is 0.0659 e. The molecule has 1 aromatic rings. The first-order valence-electron chi connectivity index (χ1n) is 5.77. The molecule has 0 aliphatic heterocycles. The first-order valence-corrected chi connectivity index (χ1v) is 5.77. The summed E-state index contributed by atoms with van der Waals surface area (Å²) in [5.74, 6) is 0.706. The van der Waals surface area contributed by atoms with Crippen LogP contribution in [0.15, 0.2) is 29.3 Å². The molecule has 0 spiro atoms. The zero-order valence-corrected chi connectivity index (χ0v) is 11.5. The third kappa shape index (κ3) is 3.71. The van der Waals surface area contributed by atoms with E-state index in [9.17, 15) is 0 Å². The van der Waals surface area contributed by atoms with E-state index in [1.165, 1.54) is 11.3 Å². The van der Waals surface area contributed by atoms with Crippen LogP contribution in [-0.4, -0.2) is 5.71 Å². The van der Waals surface area contributed by atoms with Gasteiger partial charge in [0, 0.05) is 46.9 Å². The first kappa shape index (κ1) is 14.5. The topological polar surface area (TPSA) is 12.4 Å². The van der Waals surface area contributed by atoms with E-state index in [4.69, 9.17) is 4.99 Å². The maximum atomic E-state index is 4.76. The fraction of sp³-hybridized carbons (Fsp3) is 0.429. The predicted molar refractivity (Wildman–Crippen MR) is 65.6 cm³/mol. The second-order valence-corrected chi connectivity index (χ2v) is 4.28. The number of aryl methyl sites for hydroxylation is 1. The van der Waals surface area contributed by atoms with E-state index in [0.29, 0.717) is 5.92 Å². The average molecular weight is 373 g/mol. The van der Waals surface area contributed by atoms with Crippen LogP contribution in [-0.2, 0) is 6.42 Å². The number of nitrogens with zero attached hydrogens (tertiary/aromatic N) is 1. The molecule has 0 N–H and O–H groups in total. The molecule has 1 saturated carbocycles. The third-order valence-electron chi connectivity index (χ3n) is 2.96. The second-order valence-electron chi connectivity index (χ2n) is 4.28. The van der Waals surface area contributed by atoms with Gasteiger partial charge in [-0.15, -0.1) is 6.42 Å². The van der Waals surface area contributed by atoms with Crippen LogP contribution in [0, 0.1) is 59.3 Å². The standard InChI is InChI=1S/C14H18N.Yb/c1-3-12-6-4-5-7-14(12)15-13-9-8-11(2)10-13;/h4-8,11H,3,9-10H2,1-2H3;/q-1;. The van der Waals surface area contributed by atoms with Crippen molar-refractivity contribution >= 4 is 11.4 Å². The van der Waals surface area contributed by atoms with Gasteiger partial charge in [-0.2, -0.15) is 5.92 Å². The summed E-state index contributed by atoms with van der Waals surface area (Å²) < 4.78 is 0. The molecule has 94 valence electrons. The summed E-state index contributed by atoms with van der Waals surface area (Å²) in [6, 6.07) is 8.45. The molecule has 0 saturated heterocycles. The van der Waals surface area contributed by atoms with Crippen LogP contribution >= 0.6 is 0 Å². The Hall–Kier alpha value is 0.409. The van der Waals surface area contributed by atoms with Gasteiger partial charge in [-0.3, -0.25) is 4.99 Å². The molecule has 0 amide bonds. The minimum absolute atomic E-state index is 0. The quantitative estimate of drug-likeness (QED) is 0.696. The van der Waals surface area contributed by atoms with Gasteiger partial charge in [0.2, 0.25) is 0 Å². The van der Waals surface area contributed by atoms with E-state index in [2.05, 4.69) is 44.5 Å². The normalized spacial score (nSPS) is 22.1. The van der Waals surface area contributed by atoms with Crippen molar-refractivity contribution in [3.05, 3.63) is 36.2 Å². The molecule has 0 bridgehead atoms. The fourth-order valence-corrected chi connectivity index (χ4v) is 2.06. The zero-order chi connectivity index (χ0) is 10.7. The van der Waals surface area contributed by atoms with Crippen LogP contribution in [0.2, 0.25) is 0 Å². The molecular weight excluding hydrogens is 355 g/mol. The van der Waals surface area contributed by atoms with Crippen molar-refractivity contribution in [3.63, 3.8) is 0 Å². The minimum atomic E-state index is 0. The van der Waals surface area contributed by atoms with Gasteiger partial charge < -0.3 is 6.42 Å². The van der Waals surface area contributed by atoms with Crippen LogP contribution in [0.3, 0.4) is 0 Å². The van der Waals surface area contributed by atoms with E-state index in [-0.39, 0.29) is 46.9 Å². The predicted octanol–water partition coefficient (Wildman–Crippen LogP) is 3.96. The fourth-order valence-electron chi connectivity index (χ4n) is 2.06. The molecule has 1 aromatic carbocycles. The maximum absolute atomic E-state index is 4.76. The Kier molecular flexibility index (Phi) is 6.31. The molecule has 0 aromatic heterocycles. The van der Waals surface area contributed by atoms with Gasteiger partial charge in [0.25, 0.3) is 0 Å². The van der Waals surface area contributed by atoms with E-state index < -0.39 is 0 Å². The van der Waals surface area contributed by atoms with Gasteiger partial charge in [0.15, 0.2) is 0 Å². The number of aliphatic imine (C=N–C) groups is 1. The molecular formula is C14H18NYb-. The minimum Gasteiger partial charge on any atom is -0.320 e. The summed E-state index contributed by atoms with van der Waals surface area (Å²) in [5, 5.41) is 0. The van der Waals surface area contributed by atoms with E-state index >= 15 is 0 Å². The van der Waals surface area contributed by atoms with Gasteiger partial charge in [-0.1, -0.05) is 32.0 Å². The van der Waals surface area contributed by atoms with Crippen molar-refractivity contribution in [2.45, 2.75) is 33.1 Å². The molecule has 0 heterocycles. The second kappa shape index (κ2) is 6.98. The molecule has 2 rings (SSSR count). The average Bonchev–Trinajstić information content (AvgIpc) is 2.65. The number of rotatable bonds is 2. The van der Waals surface area contributed by atoms with E-state index in [0.717, 1.165) is 24.9 Å². The molecule has 1 nitrogen and oxygen atoms in total. The first-order chi connectivity index (χ1) is 7.29. The van der Waals surface area contributed by atoms with Crippen molar-refractivity contribution in [3.8, 4) is 0 Å². The van der Waals surface area contributed by atoms with Crippen LogP contribution in [0.1, 0.15) is 32.3 Å². The summed E-state index contributed by atoms with van der Waals surface area (Å²) in [4.78, 5) is 4.76. The molecule has 1 aliphatic carbocycles. The Labute approximate surface area is 137 Å². The van der Waals surface area contributed by atoms with E-state index in [1.807, 2.05) is 0 Å². The number of para-hydroxylation sites is 1. The Balaban J connectivity index is 0.00000128. The van der Waals surface area contributed by atoms with Crippen molar-refractivity contribution in [2.75, 3.05) is 0 Å². The Morgan fingerprint density at radius 2 is 2.12 bits per heavy atom. The number of benzene rings is 1. The maximum Gasteiger partial charge on any atom is 0.0659 e. The van der Waals surface area contributed by atoms with Crippen molar-refractivity contribution in [1.82, 2.24) is 0 Å². The van der Waals surface area contributed by atoms with Crippen molar-refractivity contribution < 1.29 is 46.9 Å². The largest absolute Gasteiger partial charge is 0.320 e. The van der Waals surface area contributed by atoms with E-state index in [1.54, 1.807) is 0 Å². The van der Waals surface area contributed by atoms with Crippen LogP contribution in [0.4, 0.5) is 5.69 Å². The molecule has 2 heteroatoms. The van der Waals surface area contributed by atoms with Crippen LogP contribution < -0.4 is 0 Å². The molecule has 0 radical (unpaired) electrons. The van der Waals surface area contributed by atoms with Crippen molar-refractivity contribution in [2.24, 2.45) is 10.9 Å². The number of hydrogen-bond donors (Lipinski definition) is 0. The Morgan fingerprint density at radius 3 is 2.75 bits per heavy atom. The van der Waals surface area contributed by atoms with Crippen LogP contribution in [0.25, 0.3) is 0 Å². The monoisotopic (exact) mass is 374 g/mol. The van der Waals surface area contributed by atoms with Gasteiger partial charge in [0.1, 0.15) is 0 Å². The Bertz CT molecular complexity index is 371. The Morgan fingerprint density at radius 1 is 1.38 bits per heavy atom. The summed E-state index contributed by atoms with van der Waals surface area (Å²) in [7, 11) is 0. The van der Waals surface area contributed by atoms with Gasteiger partial charge in [-0.25, -0.2) is 0 Å².